The van der Waals surface area contributed by atoms with E-state index < -0.39 is 0 Å². The van der Waals surface area contributed by atoms with Gasteiger partial charge in [-0.05, 0) is 37.0 Å². The van der Waals surface area contributed by atoms with E-state index in [1.807, 2.05) is 0 Å². The van der Waals surface area contributed by atoms with E-state index >= 15 is 0 Å². The molecule has 0 radical (unpaired) electrons. The second-order valence-electron chi connectivity index (χ2n) is 7.39. The quantitative estimate of drug-likeness (QED) is 0.858. The number of amides is 1. The standard InChI is InChI=1S/C17H26N4O2/c1-17(6-7-17)5-3-15(22)18-10-13-4-8-21(12-13)14-9-16(23)20(2)19-11-14/h9,11,13H,3-8,10,12H2,1-2H3,(H,18,22)/t13-/m0/s1. The molecule has 1 amide bonds. The van der Waals surface area contributed by atoms with Gasteiger partial charge < -0.3 is 10.2 Å². The first-order valence-corrected chi connectivity index (χ1v) is 8.50. The van der Waals surface area contributed by atoms with Crippen molar-refractivity contribution in [3.8, 4) is 0 Å². The van der Waals surface area contributed by atoms with Gasteiger partial charge in [0.1, 0.15) is 0 Å². The van der Waals surface area contributed by atoms with E-state index in [0.29, 0.717) is 17.8 Å². The van der Waals surface area contributed by atoms with E-state index in [9.17, 15) is 9.59 Å². The van der Waals surface area contributed by atoms with Crippen molar-refractivity contribution in [2.45, 2.75) is 39.0 Å². The maximum Gasteiger partial charge on any atom is 0.268 e. The highest BCUT2D eigenvalue weighted by atomic mass is 16.1. The molecule has 2 heterocycles. The minimum Gasteiger partial charge on any atom is -0.370 e. The van der Waals surface area contributed by atoms with Crippen LogP contribution < -0.4 is 15.8 Å². The first kappa shape index (κ1) is 16.0. The summed E-state index contributed by atoms with van der Waals surface area (Å²) < 4.78 is 1.33. The van der Waals surface area contributed by atoms with Gasteiger partial charge in [0.2, 0.25) is 5.91 Å². The Morgan fingerprint density at radius 2 is 2.26 bits per heavy atom. The Morgan fingerprint density at radius 3 is 2.96 bits per heavy atom. The summed E-state index contributed by atoms with van der Waals surface area (Å²) in [7, 11) is 1.65. The third-order valence-electron chi connectivity index (χ3n) is 5.25. The van der Waals surface area contributed by atoms with E-state index in [1.165, 1.54) is 17.5 Å². The van der Waals surface area contributed by atoms with Gasteiger partial charge in [-0.1, -0.05) is 6.92 Å². The van der Waals surface area contributed by atoms with Crippen molar-refractivity contribution in [2.75, 3.05) is 24.5 Å². The maximum atomic E-state index is 11.9. The van der Waals surface area contributed by atoms with Crippen LogP contribution in [-0.4, -0.2) is 35.3 Å². The van der Waals surface area contributed by atoms with Gasteiger partial charge in [-0.25, -0.2) is 4.68 Å². The molecule has 3 rings (SSSR count). The topological polar surface area (TPSA) is 67.2 Å². The fourth-order valence-electron chi connectivity index (χ4n) is 3.09. The van der Waals surface area contributed by atoms with E-state index in [2.05, 4.69) is 22.2 Å². The van der Waals surface area contributed by atoms with Crippen LogP contribution >= 0.6 is 0 Å². The van der Waals surface area contributed by atoms with E-state index in [0.717, 1.165) is 38.2 Å². The predicted octanol–water partition coefficient (Wildman–Crippen LogP) is 1.30. The molecule has 2 fully saturated rings. The Morgan fingerprint density at radius 1 is 1.48 bits per heavy atom. The molecule has 0 spiro atoms. The normalized spacial score (nSPS) is 22.2. The first-order chi connectivity index (χ1) is 11.0. The number of rotatable bonds is 6. The molecule has 0 bridgehead atoms. The number of nitrogens with one attached hydrogen (secondary N) is 1. The van der Waals surface area contributed by atoms with Crippen LogP contribution in [0.25, 0.3) is 0 Å². The van der Waals surface area contributed by atoms with E-state index in [-0.39, 0.29) is 11.5 Å². The van der Waals surface area contributed by atoms with Crippen molar-refractivity contribution < 1.29 is 4.79 Å². The largest absolute Gasteiger partial charge is 0.370 e. The van der Waals surface area contributed by atoms with Gasteiger partial charge in [0.25, 0.3) is 5.56 Å². The van der Waals surface area contributed by atoms with Crippen molar-refractivity contribution in [1.82, 2.24) is 15.1 Å². The summed E-state index contributed by atoms with van der Waals surface area (Å²) in [5.74, 6) is 0.617. The average molecular weight is 318 g/mol. The summed E-state index contributed by atoms with van der Waals surface area (Å²) >= 11 is 0. The fourth-order valence-corrected chi connectivity index (χ4v) is 3.09. The molecule has 1 N–H and O–H groups in total. The van der Waals surface area contributed by atoms with E-state index in [1.54, 1.807) is 19.3 Å². The minimum absolute atomic E-state index is 0.0900. The van der Waals surface area contributed by atoms with Crippen molar-refractivity contribution >= 4 is 11.6 Å². The van der Waals surface area contributed by atoms with Gasteiger partial charge in [-0.15, -0.1) is 0 Å². The molecule has 1 saturated carbocycles. The van der Waals surface area contributed by atoms with Gasteiger partial charge in [-0.2, -0.15) is 5.10 Å². The van der Waals surface area contributed by atoms with Crippen LogP contribution in [0.4, 0.5) is 5.69 Å². The smallest absolute Gasteiger partial charge is 0.268 e. The van der Waals surface area contributed by atoms with Crippen molar-refractivity contribution in [1.29, 1.82) is 0 Å². The van der Waals surface area contributed by atoms with Crippen LogP contribution in [0.3, 0.4) is 0 Å². The first-order valence-electron chi connectivity index (χ1n) is 8.50. The van der Waals surface area contributed by atoms with Gasteiger partial charge in [0, 0.05) is 39.2 Å². The minimum atomic E-state index is -0.0900. The highest BCUT2D eigenvalue weighted by Crippen LogP contribution is 2.48. The zero-order chi connectivity index (χ0) is 16.4. The molecule has 1 aromatic rings. The zero-order valence-electron chi connectivity index (χ0n) is 14.0. The number of nitrogens with zero attached hydrogens (tertiary/aromatic N) is 3. The molecule has 2 aliphatic rings. The molecular weight excluding hydrogens is 292 g/mol. The zero-order valence-corrected chi connectivity index (χ0v) is 14.0. The number of hydrogen-bond donors (Lipinski definition) is 1. The van der Waals surface area contributed by atoms with Crippen LogP contribution in [-0.2, 0) is 11.8 Å². The second kappa shape index (κ2) is 6.34. The molecule has 126 valence electrons. The van der Waals surface area contributed by atoms with Crippen LogP contribution in [0.5, 0.6) is 0 Å². The highest BCUT2D eigenvalue weighted by molar-refractivity contribution is 5.75. The summed E-state index contributed by atoms with van der Waals surface area (Å²) in [5, 5.41) is 7.14. The molecule has 1 aliphatic carbocycles. The monoisotopic (exact) mass is 318 g/mol. The number of carbonyl (C=O) groups is 1. The SMILES string of the molecule is Cn1ncc(N2CC[C@@H](CNC(=O)CCC3(C)CC3)C2)cc1=O. The van der Waals surface area contributed by atoms with E-state index in [4.69, 9.17) is 0 Å². The Balaban J connectivity index is 1.43. The van der Waals surface area contributed by atoms with Crippen molar-refractivity contribution in [3.05, 3.63) is 22.6 Å². The van der Waals surface area contributed by atoms with Crippen LogP contribution in [0.15, 0.2) is 17.1 Å². The lowest BCUT2D eigenvalue weighted by molar-refractivity contribution is -0.121. The van der Waals surface area contributed by atoms with Crippen molar-refractivity contribution in [3.63, 3.8) is 0 Å². The fraction of sp³-hybridized carbons (Fsp3) is 0.706. The molecule has 0 aromatic carbocycles. The molecule has 1 aromatic heterocycles. The number of hydrogen-bond acceptors (Lipinski definition) is 4. The Kier molecular flexibility index (Phi) is 4.41. The second-order valence-corrected chi connectivity index (χ2v) is 7.39. The van der Waals surface area contributed by atoms with Gasteiger partial charge >= 0.3 is 0 Å². The average Bonchev–Trinajstić information content (AvgIpc) is 3.08. The van der Waals surface area contributed by atoms with Gasteiger partial charge in [0.15, 0.2) is 0 Å². The number of anilines is 1. The van der Waals surface area contributed by atoms with Crippen LogP contribution in [0.1, 0.15) is 39.0 Å². The van der Waals surface area contributed by atoms with Gasteiger partial charge in [-0.3, -0.25) is 9.59 Å². The Hall–Kier alpha value is -1.85. The lowest BCUT2D eigenvalue weighted by Gasteiger charge is -2.18. The number of carbonyl (C=O) groups excluding carboxylic acids is 1. The maximum absolute atomic E-state index is 11.9. The Labute approximate surface area is 136 Å². The molecule has 1 saturated heterocycles. The van der Waals surface area contributed by atoms with Crippen molar-refractivity contribution in [2.24, 2.45) is 18.4 Å². The van der Waals surface area contributed by atoms with Crippen LogP contribution in [0, 0.1) is 11.3 Å². The number of aromatic nitrogens is 2. The summed E-state index contributed by atoms with van der Waals surface area (Å²) in [5.41, 5.74) is 1.23. The lowest BCUT2D eigenvalue weighted by Crippen LogP contribution is -2.31. The molecule has 1 aliphatic heterocycles. The third kappa shape index (κ3) is 4.12. The molecule has 0 unspecified atom stereocenters. The summed E-state index contributed by atoms with van der Waals surface area (Å²) in [6.07, 6.45) is 6.96. The highest BCUT2D eigenvalue weighted by Gasteiger charge is 2.37. The van der Waals surface area contributed by atoms with Gasteiger partial charge in [0.05, 0.1) is 11.9 Å². The molecule has 6 nitrogen and oxygen atoms in total. The summed E-state index contributed by atoms with van der Waals surface area (Å²) in [6, 6.07) is 1.63. The lowest BCUT2D eigenvalue weighted by atomic mass is 10.0. The molecule has 1 atom stereocenters. The molecular formula is C17H26N4O2. The molecule has 6 heteroatoms. The summed E-state index contributed by atoms with van der Waals surface area (Å²) in [6.45, 7) is 4.76. The Bertz CT molecular complexity index is 636. The van der Waals surface area contributed by atoms with Crippen LogP contribution in [0.2, 0.25) is 0 Å². The summed E-state index contributed by atoms with van der Waals surface area (Å²) in [4.78, 5) is 25.8. The molecule has 23 heavy (non-hydrogen) atoms. The third-order valence-corrected chi connectivity index (χ3v) is 5.25. The number of aryl methyl sites for hydroxylation is 1. The predicted molar refractivity (Wildman–Crippen MR) is 89.4 cm³/mol.